The van der Waals surface area contributed by atoms with E-state index in [2.05, 4.69) is 18.3 Å². The van der Waals surface area contributed by atoms with E-state index < -0.39 is 0 Å². The number of halogens is 1. The Labute approximate surface area is 168 Å². The minimum atomic E-state index is -0.276. The van der Waals surface area contributed by atoms with Gasteiger partial charge in [-0.2, -0.15) is 0 Å². The van der Waals surface area contributed by atoms with Gasteiger partial charge in [0.15, 0.2) is 0 Å². The van der Waals surface area contributed by atoms with Crippen LogP contribution in [0.15, 0.2) is 53.6 Å². The molecule has 0 spiro atoms. The lowest BCUT2D eigenvalue weighted by molar-refractivity contribution is -0.115. The van der Waals surface area contributed by atoms with Crippen LogP contribution in [0.2, 0.25) is 5.02 Å². The average molecular weight is 401 g/mol. The molecule has 0 saturated carbocycles. The van der Waals surface area contributed by atoms with Crippen molar-refractivity contribution in [1.82, 2.24) is 4.98 Å². The van der Waals surface area contributed by atoms with Crippen LogP contribution in [-0.2, 0) is 4.79 Å². The molecule has 1 N–H and O–H groups in total. The van der Waals surface area contributed by atoms with Crippen LogP contribution < -0.4 is 10.1 Å². The Bertz CT molecular complexity index is 978. The molecule has 140 valence electrons. The number of aryl methyl sites for hydroxylation is 1. The van der Waals surface area contributed by atoms with E-state index in [4.69, 9.17) is 21.3 Å². The second-order valence-electron chi connectivity index (χ2n) is 6.14. The number of amides is 1. The van der Waals surface area contributed by atoms with Gasteiger partial charge in [0.05, 0.1) is 28.6 Å². The molecule has 0 bridgehead atoms. The molecule has 27 heavy (non-hydrogen) atoms. The number of nitrogens with one attached hydrogen (secondary N) is 1. The van der Waals surface area contributed by atoms with E-state index in [1.165, 1.54) is 11.8 Å². The maximum atomic E-state index is 12.8. The zero-order valence-electron chi connectivity index (χ0n) is 15.5. The average Bonchev–Trinajstić information content (AvgIpc) is 2.66. The molecule has 0 radical (unpaired) electrons. The van der Waals surface area contributed by atoms with Gasteiger partial charge in [-0.3, -0.25) is 4.79 Å². The summed E-state index contributed by atoms with van der Waals surface area (Å²) in [5, 5.41) is 5.16. The molecular formula is C21H21ClN2O2S. The van der Waals surface area contributed by atoms with Crippen LogP contribution in [0.5, 0.6) is 5.75 Å². The lowest BCUT2D eigenvalue weighted by Crippen LogP contribution is -2.25. The highest BCUT2D eigenvalue weighted by molar-refractivity contribution is 8.00. The van der Waals surface area contributed by atoms with Gasteiger partial charge in [-0.15, -0.1) is 0 Å². The summed E-state index contributed by atoms with van der Waals surface area (Å²) in [7, 11) is 1.56. The zero-order chi connectivity index (χ0) is 19.4. The van der Waals surface area contributed by atoms with E-state index >= 15 is 0 Å². The fourth-order valence-corrected chi connectivity index (χ4v) is 4.03. The predicted octanol–water partition coefficient (Wildman–Crippen LogP) is 5.71. The Morgan fingerprint density at radius 2 is 2.04 bits per heavy atom. The number of aromatic nitrogens is 1. The topological polar surface area (TPSA) is 51.2 Å². The number of carbonyl (C=O) groups excluding carboxylic acids is 1. The van der Waals surface area contributed by atoms with Crippen molar-refractivity contribution in [3.05, 3.63) is 59.1 Å². The lowest BCUT2D eigenvalue weighted by atomic mass is 10.1. The van der Waals surface area contributed by atoms with Gasteiger partial charge in [-0.25, -0.2) is 4.98 Å². The van der Waals surface area contributed by atoms with E-state index in [1.807, 2.05) is 31.2 Å². The van der Waals surface area contributed by atoms with Crippen LogP contribution in [0.4, 0.5) is 5.69 Å². The summed E-state index contributed by atoms with van der Waals surface area (Å²) in [6, 6.07) is 15.2. The summed E-state index contributed by atoms with van der Waals surface area (Å²) in [6.45, 7) is 4.05. The van der Waals surface area contributed by atoms with Gasteiger partial charge in [0, 0.05) is 10.4 Å². The van der Waals surface area contributed by atoms with Gasteiger partial charge in [0.2, 0.25) is 5.91 Å². The zero-order valence-corrected chi connectivity index (χ0v) is 17.0. The summed E-state index contributed by atoms with van der Waals surface area (Å²) in [6.07, 6.45) is 0.674. The number of rotatable bonds is 6. The smallest absolute Gasteiger partial charge is 0.238 e. The monoisotopic (exact) mass is 400 g/mol. The molecule has 3 aromatic rings. The van der Waals surface area contributed by atoms with Crippen molar-refractivity contribution in [2.24, 2.45) is 0 Å². The molecule has 1 amide bonds. The highest BCUT2D eigenvalue weighted by Crippen LogP contribution is 2.31. The number of benzene rings is 2. The molecule has 1 heterocycles. The van der Waals surface area contributed by atoms with Crippen LogP contribution >= 0.6 is 23.4 Å². The molecule has 6 heteroatoms. The van der Waals surface area contributed by atoms with E-state index in [0.717, 1.165) is 21.5 Å². The molecule has 0 aliphatic rings. The molecular weight excluding hydrogens is 380 g/mol. The third-order valence-corrected chi connectivity index (χ3v) is 5.76. The normalized spacial score (nSPS) is 12.0. The van der Waals surface area contributed by atoms with Gasteiger partial charge >= 0.3 is 0 Å². The number of anilines is 1. The third-order valence-electron chi connectivity index (χ3n) is 4.25. The number of carbonyl (C=O) groups is 1. The summed E-state index contributed by atoms with van der Waals surface area (Å²) in [4.78, 5) is 17.5. The second-order valence-corrected chi connectivity index (χ2v) is 7.80. The first-order valence-corrected chi connectivity index (χ1v) is 9.95. The lowest BCUT2D eigenvalue weighted by Gasteiger charge is -2.16. The predicted molar refractivity (Wildman–Crippen MR) is 113 cm³/mol. The fraction of sp³-hybridized carbons (Fsp3) is 0.238. The van der Waals surface area contributed by atoms with Crippen molar-refractivity contribution in [1.29, 1.82) is 0 Å². The first-order valence-electron chi connectivity index (χ1n) is 8.69. The molecule has 0 saturated heterocycles. The Balaban J connectivity index is 1.81. The summed E-state index contributed by atoms with van der Waals surface area (Å²) in [5.41, 5.74) is 2.65. The van der Waals surface area contributed by atoms with Crippen LogP contribution in [0.1, 0.15) is 18.9 Å². The highest BCUT2D eigenvalue weighted by Gasteiger charge is 2.20. The molecule has 1 unspecified atom stereocenters. The Kier molecular flexibility index (Phi) is 6.24. The van der Waals surface area contributed by atoms with Crippen LogP contribution in [0.25, 0.3) is 10.9 Å². The van der Waals surface area contributed by atoms with Crippen molar-refractivity contribution < 1.29 is 9.53 Å². The number of para-hydroxylation sites is 1. The molecule has 0 fully saturated rings. The van der Waals surface area contributed by atoms with Crippen LogP contribution in [0, 0.1) is 6.92 Å². The van der Waals surface area contributed by atoms with Gasteiger partial charge < -0.3 is 10.1 Å². The van der Waals surface area contributed by atoms with Crippen LogP contribution in [0.3, 0.4) is 0 Å². The minimum absolute atomic E-state index is 0.101. The summed E-state index contributed by atoms with van der Waals surface area (Å²) < 4.78 is 5.30. The molecule has 0 aliphatic carbocycles. The highest BCUT2D eigenvalue weighted by atomic mass is 35.5. The maximum absolute atomic E-state index is 12.8. The van der Waals surface area contributed by atoms with Gasteiger partial charge in [-0.1, -0.05) is 48.5 Å². The number of fused-ring (bicyclic) bond motifs is 1. The van der Waals surface area contributed by atoms with Gasteiger partial charge in [-0.05, 0) is 49.2 Å². The van der Waals surface area contributed by atoms with Crippen molar-refractivity contribution in [2.45, 2.75) is 30.5 Å². The number of pyridine rings is 1. The first kappa shape index (κ1) is 19.5. The first-order chi connectivity index (χ1) is 13.0. The quantitative estimate of drug-likeness (QED) is 0.538. The van der Waals surface area contributed by atoms with Crippen molar-refractivity contribution in [3.8, 4) is 5.75 Å². The number of hydrogen-bond acceptors (Lipinski definition) is 4. The van der Waals surface area contributed by atoms with Gasteiger partial charge in [0.1, 0.15) is 5.75 Å². The number of ether oxygens (including phenoxy) is 1. The van der Waals surface area contributed by atoms with Crippen molar-refractivity contribution >= 4 is 45.9 Å². The molecule has 2 aromatic carbocycles. The number of hydrogen-bond donors (Lipinski definition) is 1. The standard InChI is InChI=1S/C21H21ClN2O2S/c1-4-19(21(25)24-17-12-14(22)9-10-18(17)26-3)27-20-11-13(2)15-7-5-6-8-16(15)23-20/h5-12,19H,4H2,1-3H3,(H,24,25). The molecule has 3 rings (SSSR count). The third kappa shape index (κ3) is 4.54. The van der Waals surface area contributed by atoms with Gasteiger partial charge in [0.25, 0.3) is 0 Å². The second kappa shape index (κ2) is 8.63. The SMILES string of the molecule is CCC(Sc1cc(C)c2ccccc2n1)C(=O)Nc1cc(Cl)ccc1OC. The van der Waals surface area contributed by atoms with Crippen molar-refractivity contribution in [2.75, 3.05) is 12.4 Å². The Morgan fingerprint density at radius 3 is 2.78 bits per heavy atom. The number of thioether (sulfide) groups is 1. The number of methoxy groups -OCH3 is 1. The Hall–Kier alpha value is -2.24. The number of nitrogens with zero attached hydrogens (tertiary/aromatic N) is 1. The molecule has 1 aromatic heterocycles. The maximum Gasteiger partial charge on any atom is 0.238 e. The molecule has 1 atom stereocenters. The molecule has 4 nitrogen and oxygen atoms in total. The minimum Gasteiger partial charge on any atom is -0.495 e. The van der Waals surface area contributed by atoms with E-state index in [0.29, 0.717) is 22.9 Å². The fourth-order valence-electron chi connectivity index (χ4n) is 2.84. The Morgan fingerprint density at radius 1 is 1.26 bits per heavy atom. The molecule has 0 aliphatic heterocycles. The van der Waals surface area contributed by atoms with Crippen molar-refractivity contribution in [3.63, 3.8) is 0 Å². The van der Waals surface area contributed by atoms with Crippen LogP contribution in [-0.4, -0.2) is 23.3 Å². The van der Waals surface area contributed by atoms with E-state index in [-0.39, 0.29) is 11.2 Å². The van der Waals surface area contributed by atoms with E-state index in [1.54, 1.807) is 25.3 Å². The summed E-state index contributed by atoms with van der Waals surface area (Å²) in [5.74, 6) is 0.475. The largest absolute Gasteiger partial charge is 0.495 e. The van der Waals surface area contributed by atoms with E-state index in [9.17, 15) is 4.79 Å². The summed E-state index contributed by atoms with van der Waals surface area (Å²) >= 11 is 7.52.